The number of nitrogens with one attached hydrogen (secondary N) is 1. The number of nitrogens with two attached hydrogens (primary N) is 1. The zero-order valence-corrected chi connectivity index (χ0v) is 12.2. The molecule has 1 aromatic carbocycles. The first kappa shape index (κ1) is 16.7. The van der Waals surface area contributed by atoms with Crippen LogP contribution in [0.4, 0.5) is 4.39 Å². The summed E-state index contributed by atoms with van der Waals surface area (Å²) in [6, 6.07) is 2.47. The van der Waals surface area contributed by atoms with Gasteiger partial charge in [0.1, 0.15) is 16.5 Å². The van der Waals surface area contributed by atoms with Crippen LogP contribution in [0.25, 0.3) is 0 Å². The normalized spacial score (nSPS) is 14.2. The van der Waals surface area contributed by atoms with Gasteiger partial charge in [-0.2, -0.15) is 0 Å². The number of oxime groups is 1. The Morgan fingerprint density at radius 2 is 2.25 bits per heavy atom. The zero-order chi connectivity index (χ0) is 15.3. The molecule has 0 fully saturated rings. The summed E-state index contributed by atoms with van der Waals surface area (Å²) in [4.78, 5) is -0.350. The van der Waals surface area contributed by atoms with Crippen molar-refractivity contribution in [3.8, 4) is 0 Å². The van der Waals surface area contributed by atoms with Crippen LogP contribution in [0.15, 0.2) is 28.3 Å². The third kappa shape index (κ3) is 4.32. The van der Waals surface area contributed by atoms with Gasteiger partial charge in [0.2, 0.25) is 10.0 Å². The lowest BCUT2D eigenvalue weighted by Crippen LogP contribution is -2.37. The number of rotatable bonds is 6. The fourth-order valence-electron chi connectivity index (χ4n) is 1.53. The molecule has 0 saturated carbocycles. The summed E-state index contributed by atoms with van der Waals surface area (Å²) in [5.74, 6) is -0.816. The highest BCUT2D eigenvalue weighted by molar-refractivity contribution is 7.89. The molecule has 0 aliphatic heterocycles. The van der Waals surface area contributed by atoms with Crippen LogP contribution in [0, 0.1) is 5.82 Å². The molecule has 0 spiro atoms. The van der Waals surface area contributed by atoms with Crippen LogP contribution in [0.1, 0.15) is 19.8 Å². The molecule has 0 aliphatic rings. The van der Waals surface area contributed by atoms with Crippen molar-refractivity contribution < 1.29 is 18.0 Å². The minimum Gasteiger partial charge on any atom is -0.409 e. The van der Waals surface area contributed by atoms with Crippen molar-refractivity contribution in [3.05, 3.63) is 29.0 Å². The minimum absolute atomic E-state index is 0.0269. The van der Waals surface area contributed by atoms with Crippen LogP contribution in [-0.4, -0.2) is 25.5 Å². The van der Waals surface area contributed by atoms with Crippen LogP contribution in [0.2, 0.25) is 5.02 Å². The van der Waals surface area contributed by atoms with E-state index in [0.29, 0.717) is 6.42 Å². The Labute approximate surface area is 121 Å². The predicted molar refractivity (Wildman–Crippen MR) is 73.8 cm³/mol. The Morgan fingerprint density at radius 1 is 1.60 bits per heavy atom. The van der Waals surface area contributed by atoms with Crippen LogP contribution >= 0.6 is 11.6 Å². The smallest absolute Gasteiger partial charge is 0.242 e. The highest BCUT2D eigenvalue weighted by Crippen LogP contribution is 2.22. The molecule has 20 heavy (non-hydrogen) atoms. The van der Waals surface area contributed by atoms with E-state index in [9.17, 15) is 12.8 Å². The van der Waals surface area contributed by atoms with Gasteiger partial charge in [-0.1, -0.05) is 23.7 Å². The van der Waals surface area contributed by atoms with Crippen molar-refractivity contribution in [3.63, 3.8) is 0 Å². The van der Waals surface area contributed by atoms with E-state index in [2.05, 4.69) is 9.88 Å². The van der Waals surface area contributed by atoms with Crippen molar-refractivity contribution in [2.75, 3.05) is 0 Å². The lowest BCUT2D eigenvalue weighted by molar-refractivity contribution is 0.316. The molecule has 1 unspecified atom stereocenters. The van der Waals surface area contributed by atoms with Gasteiger partial charge < -0.3 is 10.9 Å². The van der Waals surface area contributed by atoms with Crippen molar-refractivity contribution in [1.29, 1.82) is 0 Å². The summed E-state index contributed by atoms with van der Waals surface area (Å²) >= 11 is 5.77. The van der Waals surface area contributed by atoms with Gasteiger partial charge in [0.25, 0.3) is 0 Å². The Balaban J connectivity index is 3.01. The van der Waals surface area contributed by atoms with Gasteiger partial charge in [0.15, 0.2) is 0 Å². The van der Waals surface area contributed by atoms with E-state index in [-0.39, 0.29) is 22.2 Å². The number of hydrogen-bond acceptors (Lipinski definition) is 4. The monoisotopic (exact) mass is 323 g/mol. The van der Waals surface area contributed by atoms with Crippen LogP contribution in [0.5, 0.6) is 0 Å². The maximum absolute atomic E-state index is 13.1. The molecule has 4 N–H and O–H groups in total. The van der Waals surface area contributed by atoms with Crippen molar-refractivity contribution in [2.24, 2.45) is 10.9 Å². The third-order valence-electron chi connectivity index (χ3n) is 2.58. The first-order valence-corrected chi connectivity index (χ1v) is 7.60. The number of hydrogen-bond donors (Lipinski definition) is 3. The van der Waals surface area contributed by atoms with Gasteiger partial charge in [-0.25, -0.2) is 17.5 Å². The molecular weight excluding hydrogens is 309 g/mol. The molecular formula is C11H15ClFN3O3S. The number of nitrogens with zero attached hydrogens (tertiary/aromatic N) is 1. The largest absolute Gasteiger partial charge is 0.409 e. The van der Waals surface area contributed by atoms with Crippen molar-refractivity contribution in [1.82, 2.24) is 4.72 Å². The maximum Gasteiger partial charge on any atom is 0.242 e. The summed E-state index contributed by atoms with van der Waals surface area (Å²) < 4.78 is 39.8. The minimum atomic E-state index is -3.99. The SMILES string of the molecule is CCC(C/C(N)=N/O)NS(=O)(=O)c1cc(F)ccc1Cl. The summed E-state index contributed by atoms with van der Waals surface area (Å²) in [6.45, 7) is 1.73. The molecule has 1 rings (SSSR count). The highest BCUT2D eigenvalue weighted by atomic mass is 35.5. The van der Waals surface area contributed by atoms with E-state index in [1.54, 1.807) is 6.92 Å². The van der Waals surface area contributed by atoms with E-state index >= 15 is 0 Å². The molecule has 0 amide bonds. The average Bonchev–Trinajstić information content (AvgIpc) is 2.40. The molecule has 112 valence electrons. The van der Waals surface area contributed by atoms with E-state index in [1.165, 1.54) is 0 Å². The van der Waals surface area contributed by atoms with E-state index in [4.69, 9.17) is 22.5 Å². The van der Waals surface area contributed by atoms with E-state index in [0.717, 1.165) is 18.2 Å². The van der Waals surface area contributed by atoms with Crippen LogP contribution in [0.3, 0.4) is 0 Å². The highest BCUT2D eigenvalue weighted by Gasteiger charge is 2.23. The first-order valence-electron chi connectivity index (χ1n) is 5.74. The average molecular weight is 324 g/mol. The molecule has 0 radical (unpaired) electrons. The zero-order valence-electron chi connectivity index (χ0n) is 10.7. The second-order valence-electron chi connectivity index (χ2n) is 4.10. The molecule has 0 saturated heterocycles. The number of amidine groups is 1. The second-order valence-corrected chi connectivity index (χ2v) is 6.19. The molecule has 0 aliphatic carbocycles. The molecule has 0 heterocycles. The lowest BCUT2D eigenvalue weighted by atomic mass is 10.1. The van der Waals surface area contributed by atoms with Gasteiger partial charge >= 0.3 is 0 Å². The third-order valence-corrected chi connectivity index (χ3v) is 4.58. The predicted octanol–water partition coefficient (Wildman–Crippen LogP) is 1.67. The Bertz CT molecular complexity index is 607. The lowest BCUT2D eigenvalue weighted by Gasteiger charge is -2.17. The molecule has 1 aromatic rings. The topological polar surface area (TPSA) is 105 Å². The summed E-state index contributed by atoms with van der Waals surface area (Å²) in [6.07, 6.45) is 0.432. The fraction of sp³-hybridized carbons (Fsp3) is 0.364. The second kappa shape index (κ2) is 6.87. The van der Waals surface area contributed by atoms with E-state index in [1.807, 2.05) is 0 Å². The first-order chi connectivity index (χ1) is 9.30. The van der Waals surface area contributed by atoms with Gasteiger partial charge in [-0.05, 0) is 24.6 Å². The van der Waals surface area contributed by atoms with Crippen molar-refractivity contribution in [2.45, 2.75) is 30.7 Å². The summed E-state index contributed by atoms with van der Waals surface area (Å²) in [5, 5.41) is 11.2. The van der Waals surface area contributed by atoms with Gasteiger partial charge in [0.05, 0.1) is 5.02 Å². The van der Waals surface area contributed by atoms with Gasteiger partial charge in [-0.15, -0.1) is 0 Å². The van der Waals surface area contributed by atoms with Gasteiger partial charge in [0, 0.05) is 12.5 Å². The molecule has 9 heteroatoms. The Morgan fingerprint density at radius 3 is 2.80 bits per heavy atom. The molecule has 0 aromatic heterocycles. The van der Waals surface area contributed by atoms with Crippen molar-refractivity contribution >= 4 is 27.5 Å². The van der Waals surface area contributed by atoms with Crippen LogP contribution < -0.4 is 10.5 Å². The molecule has 6 nitrogen and oxygen atoms in total. The number of sulfonamides is 1. The summed E-state index contributed by atoms with van der Waals surface area (Å²) in [7, 11) is -3.99. The van der Waals surface area contributed by atoms with Crippen LogP contribution in [-0.2, 0) is 10.0 Å². The molecule has 1 atom stereocenters. The Hall–Kier alpha value is -1.38. The number of halogens is 2. The fourth-order valence-corrected chi connectivity index (χ4v) is 3.36. The Kier molecular flexibility index (Phi) is 5.73. The van der Waals surface area contributed by atoms with E-state index < -0.39 is 21.9 Å². The van der Waals surface area contributed by atoms with Gasteiger partial charge in [-0.3, -0.25) is 0 Å². The maximum atomic E-state index is 13.1. The molecule has 0 bridgehead atoms. The summed E-state index contributed by atoms with van der Waals surface area (Å²) in [5.41, 5.74) is 5.34. The standard InChI is InChI=1S/C11H15ClFN3O3S/c1-2-8(6-11(14)15-17)16-20(18,19)10-5-7(13)3-4-9(10)12/h3-5,8,16-17H,2,6H2,1H3,(H2,14,15). The quantitative estimate of drug-likeness (QED) is 0.320. The number of benzene rings is 1.